The lowest BCUT2D eigenvalue weighted by atomic mass is 9.85. The van der Waals surface area contributed by atoms with Crippen LogP contribution in [0.4, 0.5) is 0 Å². The summed E-state index contributed by atoms with van der Waals surface area (Å²) < 4.78 is 0.930. The third kappa shape index (κ3) is 3.03. The Bertz CT molecular complexity index is 306. The molecule has 1 heterocycles. The van der Waals surface area contributed by atoms with Gasteiger partial charge in [0.25, 0.3) is 0 Å². The van der Waals surface area contributed by atoms with Crippen molar-refractivity contribution < 1.29 is 0 Å². The van der Waals surface area contributed by atoms with Crippen molar-refractivity contribution in [1.29, 1.82) is 0 Å². The average molecular weight is 258 g/mol. The fraction of sp³-hybridized carbons (Fsp3) is 0.600. The van der Waals surface area contributed by atoms with Crippen molar-refractivity contribution in [3.8, 4) is 0 Å². The van der Waals surface area contributed by atoms with Gasteiger partial charge in [-0.3, -0.25) is 0 Å². The summed E-state index contributed by atoms with van der Waals surface area (Å²) in [4.78, 5) is 8.11. The van der Waals surface area contributed by atoms with E-state index < -0.39 is 0 Å². The SMILES string of the molecule is CC(C)(C)C(N)Cc1ncncc1Br. The van der Waals surface area contributed by atoms with E-state index in [1.807, 2.05) is 0 Å². The molecule has 0 aliphatic carbocycles. The molecule has 1 aromatic rings. The van der Waals surface area contributed by atoms with Crippen molar-refractivity contribution >= 4 is 15.9 Å². The molecule has 0 aromatic carbocycles. The fourth-order valence-corrected chi connectivity index (χ4v) is 1.39. The van der Waals surface area contributed by atoms with Crippen molar-refractivity contribution in [2.45, 2.75) is 33.2 Å². The summed E-state index contributed by atoms with van der Waals surface area (Å²) in [5.41, 5.74) is 7.15. The zero-order valence-corrected chi connectivity index (χ0v) is 10.4. The molecule has 0 saturated heterocycles. The van der Waals surface area contributed by atoms with Crippen LogP contribution in [0.2, 0.25) is 0 Å². The Balaban J connectivity index is 2.75. The Morgan fingerprint density at radius 3 is 2.64 bits per heavy atom. The summed E-state index contributed by atoms with van der Waals surface area (Å²) in [6.45, 7) is 6.40. The Hall–Kier alpha value is -0.480. The summed E-state index contributed by atoms with van der Waals surface area (Å²) in [5, 5.41) is 0. The standard InChI is InChI=1S/C10H16BrN3/c1-10(2,3)9(12)4-8-7(11)5-13-6-14-8/h5-6,9H,4,12H2,1-3H3. The van der Waals surface area contributed by atoms with Crippen molar-refractivity contribution in [2.24, 2.45) is 11.1 Å². The second-order valence-electron chi connectivity index (χ2n) is 4.49. The van der Waals surface area contributed by atoms with Crippen LogP contribution in [0.3, 0.4) is 0 Å². The highest BCUT2D eigenvalue weighted by atomic mass is 79.9. The summed E-state index contributed by atoms with van der Waals surface area (Å²) in [6.07, 6.45) is 4.07. The molecule has 2 N–H and O–H groups in total. The third-order valence-electron chi connectivity index (χ3n) is 2.27. The minimum atomic E-state index is 0.102. The van der Waals surface area contributed by atoms with Crippen LogP contribution >= 0.6 is 15.9 Å². The van der Waals surface area contributed by atoms with Gasteiger partial charge in [0.1, 0.15) is 6.33 Å². The number of nitrogens with zero attached hydrogens (tertiary/aromatic N) is 2. The van der Waals surface area contributed by atoms with E-state index in [9.17, 15) is 0 Å². The average Bonchev–Trinajstić information content (AvgIpc) is 2.07. The van der Waals surface area contributed by atoms with Crippen molar-refractivity contribution in [3.05, 3.63) is 22.7 Å². The van der Waals surface area contributed by atoms with Crippen LogP contribution in [0.5, 0.6) is 0 Å². The van der Waals surface area contributed by atoms with Gasteiger partial charge in [-0.1, -0.05) is 20.8 Å². The number of hydrogen-bond donors (Lipinski definition) is 1. The van der Waals surface area contributed by atoms with Crippen LogP contribution in [0.15, 0.2) is 17.0 Å². The van der Waals surface area contributed by atoms with Gasteiger partial charge in [-0.15, -0.1) is 0 Å². The second kappa shape index (κ2) is 4.36. The number of hydrogen-bond acceptors (Lipinski definition) is 3. The van der Waals surface area contributed by atoms with E-state index in [1.165, 1.54) is 0 Å². The van der Waals surface area contributed by atoms with Crippen molar-refractivity contribution in [2.75, 3.05) is 0 Å². The molecule has 1 unspecified atom stereocenters. The van der Waals surface area contributed by atoms with E-state index in [0.717, 1.165) is 16.6 Å². The molecule has 0 amide bonds. The predicted octanol–water partition coefficient (Wildman–Crippen LogP) is 2.16. The van der Waals surface area contributed by atoms with Gasteiger partial charge in [0, 0.05) is 18.7 Å². The van der Waals surface area contributed by atoms with E-state index in [-0.39, 0.29) is 11.5 Å². The van der Waals surface area contributed by atoms with Gasteiger partial charge in [-0.25, -0.2) is 9.97 Å². The first-order valence-electron chi connectivity index (χ1n) is 4.61. The van der Waals surface area contributed by atoms with E-state index in [1.54, 1.807) is 12.5 Å². The molecule has 1 aromatic heterocycles. The lowest BCUT2D eigenvalue weighted by Gasteiger charge is -2.26. The van der Waals surface area contributed by atoms with E-state index in [4.69, 9.17) is 5.73 Å². The zero-order chi connectivity index (χ0) is 10.8. The summed E-state index contributed by atoms with van der Waals surface area (Å²) in [7, 11) is 0. The Labute approximate surface area is 93.3 Å². The molecule has 0 saturated carbocycles. The van der Waals surface area contributed by atoms with Crippen LogP contribution < -0.4 is 5.73 Å². The number of aromatic nitrogens is 2. The van der Waals surface area contributed by atoms with E-state index >= 15 is 0 Å². The number of halogens is 1. The van der Waals surface area contributed by atoms with Gasteiger partial charge in [0.05, 0.1) is 10.2 Å². The molecule has 4 heteroatoms. The van der Waals surface area contributed by atoms with Gasteiger partial charge in [0.2, 0.25) is 0 Å². The smallest absolute Gasteiger partial charge is 0.115 e. The summed E-state index contributed by atoms with van der Waals surface area (Å²) in [6, 6.07) is 0.105. The third-order valence-corrected chi connectivity index (χ3v) is 2.93. The molecule has 1 rings (SSSR count). The second-order valence-corrected chi connectivity index (χ2v) is 5.35. The lowest BCUT2D eigenvalue weighted by Crippen LogP contribution is -2.37. The maximum atomic E-state index is 6.07. The lowest BCUT2D eigenvalue weighted by molar-refractivity contribution is 0.316. The largest absolute Gasteiger partial charge is 0.327 e. The monoisotopic (exact) mass is 257 g/mol. The van der Waals surface area contributed by atoms with Gasteiger partial charge in [-0.05, 0) is 21.3 Å². The molecule has 3 nitrogen and oxygen atoms in total. The molecule has 0 aliphatic rings. The molecule has 0 aliphatic heterocycles. The highest BCUT2D eigenvalue weighted by Crippen LogP contribution is 2.22. The first kappa shape index (κ1) is 11.6. The molecular formula is C10H16BrN3. The van der Waals surface area contributed by atoms with Crippen LogP contribution in [-0.2, 0) is 6.42 Å². The molecule has 0 bridgehead atoms. The van der Waals surface area contributed by atoms with Crippen molar-refractivity contribution in [1.82, 2.24) is 9.97 Å². The Morgan fingerprint density at radius 2 is 2.14 bits per heavy atom. The molecule has 78 valence electrons. The van der Waals surface area contributed by atoms with Gasteiger partial charge >= 0.3 is 0 Å². The maximum Gasteiger partial charge on any atom is 0.115 e. The van der Waals surface area contributed by atoms with Crippen molar-refractivity contribution in [3.63, 3.8) is 0 Å². The van der Waals surface area contributed by atoms with Crippen LogP contribution in [0.1, 0.15) is 26.5 Å². The van der Waals surface area contributed by atoms with E-state index in [2.05, 4.69) is 46.7 Å². The summed E-state index contributed by atoms with van der Waals surface area (Å²) in [5.74, 6) is 0. The van der Waals surface area contributed by atoms with E-state index in [0.29, 0.717) is 0 Å². The molecule has 0 radical (unpaired) electrons. The quantitative estimate of drug-likeness (QED) is 0.884. The van der Waals surface area contributed by atoms with Crippen LogP contribution in [0.25, 0.3) is 0 Å². The van der Waals surface area contributed by atoms with Gasteiger partial charge in [-0.2, -0.15) is 0 Å². The predicted molar refractivity (Wildman–Crippen MR) is 60.9 cm³/mol. The number of nitrogens with two attached hydrogens (primary N) is 1. The Morgan fingerprint density at radius 1 is 1.50 bits per heavy atom. The first-order chi connectivity index (χ1) is 6.41. The van der Waals surface area contributed by atoms with Gasteiger partial charge in [0.15, 0.2) is 0 Å². The van der Waals surface area contributed by atoms with Gasteiger partial charge < -0.3 is 5.73 Å². The molecule has 0 spiro atoms. The maximum absolute atomic E-state index is 6.07. The highest BCUT2D eigenvalue weighted by molar-refractivity contribution is 9.10. The zero-order valence-electron chi connectivity index (χ0n) is 8.79. The molecule has 14 heavy (non-hydrogen) atoms. The highest BCUT2D eigenvalue weighted by Gasteiger charge is 2.21. The first-order valence-corrected chi connectivity index (χ1v) is 5.40. The topological polar surface area (TPSA) is 51.8 Å². The summed E-state index contributed by atoms with van der Waals surface area (Å²) >= 11 is 3.41. The minimum absolute atomic E-state index is 0.102. The molecule has 1 atom stereocenters. The molecular weight excluding hydrogens is 242 g/mol. The van der Waals surface area contributed by atoms with Crippen LogP contribution in [0, 0.1) is 5.41 Å². The molecule has 0 fully saturated rings. The number of rotatable bonds is 2. The Kier molecular flexibility index (Phi) is 3.61. The normalized spacial score (nSPS) is 14.1. The minimum Gasteiger partial charge on any atom is -0.327 e. The van der Waals surface area contributed by atoms with Crippen LogP contribution in [-0.4, -0.2) is 16.0 Å². The fourth-order valence-electron chi connectivity index (χ4n) is 1.00.